The zero-order valence-corrected chi connectivity index (χ0v) is 13.2. The van der Waals surface area contributed by atoms with Crippen LogP contribution in [-0.4, -0.2) is 51.7 Å². The van der Waals surface area contributed by atoms with Gasteiger partial charge in [0.1, 0.15) is 0 Å². The Balaban J connectivity index is 2.48. The van der Waals surface area contributed by atoms with Crippen molar-refractivity contribution in [3.8, 4) is 0 Å². The molecule has 0 aliphatic carbocycles. The molecule has 1 rings (SSSR count). The van der Waals surface area contributed by atoms with Crippen LogP contribution in [0.5, 0.6) is 0 Å². The molecule has 7 heteroatoms. The average molecular weight is 314 g/mol. The summed E-state index contributed by atoms with van der Waals surface area (Å²) < 4.78 is 29.3. The molecule has 0 aliphatic heterocycles. The van der Waals surface area contributed by atoms with E-state index in [0.29, 0.717) is 19.6 Å². The van der Waals surface area contributed by atoms with E-state index in [4.69, 9.17) is 4.74 Å². The number of ether oxygens (including phenoxy) is 1. The van der Waals surface area contributed by atoms with Gasteiger partial charge in [0.05, 0.1) is 12.8 Å². The maximum absolute atomic E-state index is 11.9. The lowest BCUT2D eigenvalue weighted by Gasteiger charge is -2.19. The second kappa shape index (κ2) is 8.76. The number of hydrogen-bond acceptors (Lipinski definition) is 4. The van der Waals surface area contributed by atoms with E-state index in [1.165, 1.54) is 0 Å². The lowest BCUT2D eigenvalue weighted by molar-refractivity contribution is -0.121. The monoisotopic (exact) mass is 314 g/mol. The third-order valence-electron chi connectivity index (χ3n) is 2.88. The Bertz CT molecular complexity index is 531. The van der Waals surface area contributed by atoms with Gasteiger partial charge in [-0.2, -0.15) is 4.31 Å². The minimum atomic E-state index is -3.41. The molecule has 0 saturated carbocycles. The predicted molar refractivity (Wildman–Crippen MR) is 81.2 cm³/mol. The molecule has 0 aliphatic rings. The second-order valence-electron chi connectivity index (χ2n) is 4.71. The van der Waals surface area contributed by atoms with Crippen LogP contribution < -0.4 is 5.32 Å². The summed E-state index contributed by atoms with van der Waals surface area (Å²) in [6, 6.07) is 9.46. The van der Waals surface area contributed by atoms with Crippen molar-refractivity contribution in [2.75, 3.05) is 33.1 Å². The van der Waals surface area contributed by atoms with Gasteiger partial charge in [-0.25, -0.2) is 8.42 Å². The molecule has 0 atom stereocenters. The molecule has 0 unspecified atom stereocenters. The minimum Gasteiger partial charge on any atom is -0.385 e. The summed E-state index contributed by atoms with van der Waals surface area (Å²) in [4.78, 5) is 11.9. The number of nitrogens with zero attached hydrogens (tertiary/aromatic N) is 1. The molecule has 1 aromatic carbocycles. The molecule has 0 fully saturated rings. The van der Waals surface area contributed by atoms with Crippen molar-refractivity contribution >= 4 is 15.9 Å². The highest BCUT2D eigenvalue weighted by Gasteiger charge is 2.19. The van der Waals surface area contributed by atoms with Crippen LogP contribution in [0.3, 0.4) is 0 Å². The quantitative estimate of drug-likeness (QED) is 0.677. The summed E-state index contributed by atoms with van der Waals surface area (Å²) in [5.74, 6) is -0.318. The second-order valence-corrected chi connectivity index (χ2v) is 6.69. The zero-order chi connectivity index (χ0) is 15.7. The molecule has 1 aromatic rings. The molecule has 21 heavy (non-hydrogen) atoms. The molecular weight excluding hydrogens is 292 g/mol. The number of sulfonamides is 1. The van der Waals surface area contributed by atoms with Gasteiger partial charge < -0.3 is 10.1 Å². The molecule has 0 aromatic heterocycles. The van der Waals surface area contributed by atoms with Crippen molar-refractivity contribution < 1.29 is 17.9 Å². The first-order valence-corrected chi connectivity index (χ1v) is 8.53. The smallest absolute Gasteiger partial charge is 0.235 e. The molecule has 0 spiro atoms. The molecule has 1 amide bonds. The van der Waals surface area contributed by atoms with E-state index in [1.807, 2.05) is 30.3 Å². The Morgan fingerprint density at radius 1 is 1.29 bits per heavy atom. The van der Waals surface area contributed by atoms with Crippen LogP contribution >= 0.6 is 0 Å². The SMILES string of the molecule is COCCCN(CC(=O)NCc1ccccc1)S(C)(=O)=O. The zero-order valence-electron chi connectivity index (χ0n) is 12.4. The number of rotatable bonds is 9. The van der Waals surface area contributed by atoms with Gasteiger partial charge in [0.2, 0.25) is 15.9 Å². The number of carbonyl (C=O) groups is 1. The first-order chi connectivity index (χ1) is 9.93. The van der Waals surface area contributed by atoms with Crippen molar-refractivity contribution in [2.24, 2.45) is 0 Å². The molecule has 1 N–H and O–H groups in total. The Morgan fingerprint density at radius 3 is 2.52 bits per heavy atom. The highest BCUT2D eigenvalue weighted by Crippen LogP contribution is 2.01. The lowest BCUT2D eigenvalue weighted by atomic mass is 10.2. The average Bonchev–Trinajstić information content (AvgIpc) is 2.44. The fourth-order valence-corrected chi connectivity index (χ4v) is 2.57. The summed E-state index contributed by atoms with van der Waals surface area (Å²) in [6.07, 6.45) is 1.65. The summed E-state index contributed by atoms with van der Waals surface area (Å²) >= 11 is 0. The van der Waals surface area contributed by atoms with E-state index >= 15 is 0 Å². The van der Waals surface area contributed by atoms with Crippen molar-refractivity contribution in [3.63, 3.8) is 0 Å². The van der Waals surface area contributed by atoms with E-state index in [2.05, 4.69) is 5.32 Å². The van der Waals surface area contributed by atoms with Gasteiger partial charge in [0.15, 0.2) is 0 Å². The molecule has 0 heterocycles. The molecule has 0 bridgehead atoms. The maximum atomic E-state index is 11.9. The van der Waals surface area contributed by atoms with E-state index in [0.717, 1.165) is 16.1 Å². The van der Waals surface area contributed by atoms with Gasteiger partial charge in [0, 0.05) is 26.8 Å². The summed E-state index contributed by atoms with van der Waals surface area (Å²) in [7, 11) is -1.85. The van der Waals surface area contributed by atoms with Gasteiger partial charge in [-0.3, -0.25) is 4.79 Å². The number of hydrogen-bond donors (Lipinski definition) is 1. The topological polar surface area (TPSA) is 75.7 Å². The van der Waals surface area contributed by atoms with Crippen molar-refractivity contribution in [3.05, 3.63) is 35.9 Å². The molecule has 0 saturated heterocycles. The first kappa shape index (κ1) is 17.6. The number of amides is 1. The Morgan fingerprint density at radius 2 is 1.95 bits per heavy atom. The van der Waals surface area contributed by atoms with Crippen LogP contribution in [0, 0.1) is 0 Å². The fourth-order valence-electron chi connectivity index (χ4n) is 1.76. The molecule has 0 radical (unpaired) electrons. The van der Waals surface area contributed by atoms with E-state index in [1.54, 1.807) is 7.11 Å². The summed E-state index contributed by atoms with van der Waals surface area (Å²) in [5.41, 5.74) is 0.969. The highest BCUT2D eigenvalue weighted by atomic mass is 32.2. The van der Waals surface area contributed by atoms with Crippen LogP contribution in [0.15, 0.2) is 30.3 Å². The number of nitrogens with one attached hydrogen (secondary N) is 1. The van der Waals surface area contributed by atoms with Crippen molar-refractivity contribution in [2.45, 2.75) is 13.0 Å². The number of benzene rings is 1. The normalized spacial score (nSPS) is 11.6. The van der Waals surface area contributed by atoms with Crippen LogP contribution in [-0.2, 0) is 26.1 Å². The molecule has 6 nitrogen and oxygen atoms in total. The standard InChI is InChI=1S/C14H22N2O4S/c1-20-10-6-9-16(21(2,18)19)12-14(17)15-11-13-7-4-3-5-8-13/h3-5,7-8H,6,9-12H2,1-2H3,(H,15,17). The third kappa shape index (κ3) is 7.22. The molecule has 118 valence electrons. The van der Waals surface area contributed by atoms with Gasteiger partial charge in [-0.15, -0.1) is 0 Å². The van der Waals surface area contributed by atoms with Crippen LogP contribution in [0.1, 0.15) is 12.0 Å². The highest BCUT2D eigenvalue weighted by molar-refractivity contribution is 7.88. The Labute approximate surface area is 126 Å². The summed E-state index contributed by atoms with van der Waals surface area (Å²) in [6.45, 7) is 0.938. The summed E-state index contributed by atoms with van der Waals surface area (Å²) in [5, 5.41) is 2.72. The third-order valence-corrected chi connectivity index (χ3v) is 4.13. The van der Waals surface area contributed by atoms with Crippen molar-refractivity contribution in [1.82, 2.24) is 9.62 Å². The maximum Gasteiger partial charge on any atom is 0.235 e. The largest absolute Gasteiger partial charge is 0.385 e. The van der Waals surface area contributed by atoms with E-state index < -0.39 is 10.0 Å². The first-order valence-electron chi connectivity index (χ1n) is 6.68. The Kier molecular flexibility index (Phi) is 7.35. The molecular formula is C14H22N2O4S. The Hall–Kier alpha value is -1.44. The number of carbonyl (C=O) groups excluding carboxylic acids is 1. The van der Waals surface area contributed by atoms with Gasteiger partial charge in [-0.05, 0) is 12.0 Å². The van der Waals surface area contributed by atoms with Gasteiger partial charge in [0.25, 0.3) is 0 Å². The minimum absolute atomic E-state index is 0.171. The lowest BCUT2D eigenvalue weighted by Crippen LogP contribution is -2.40. The number of methoxy groups -OCH3 is 1. The van der Waals surface area contributed by atoms with Crippen LogP contribution in [0.2, 0.25) is 0 Å². The van der Waals surface area contributed by atoms with Gasteiger partial charge in [-0.1, -0.05) is 30.3 Å². The fraction of sp³-hybridized carbons (Fsp3) is 0.500. The van der Waals surface area contributed by atoms with E-state index in [-0.39, 0.29) is 19.0 Å². The predicted octanol–water partition coefficient (Wildman–Crippen LogP) is 0.601. The van der Waals surface area contributed by atoms with Gasteiger partial charge >= 0.3 is 0 Å². The van der Waals surface area contributed by atoms with Crippen LogP contribution in [0.25, 0.3) is 0 Å². The van der Waals surface area contributed by atoms with Crippen LogP contribution in [0.4, 0.5) is 0 Å². The van der Waals surface area contributed by atoms with Crippen molar-refractivity contribution in [1.29, 1.82) is 0 Å². The van der Waals surface area contributed by atoms with E-state index in [9.17, 15) is 13.2 Å².